The minimum atomic E-state index is 0.286. The standard InChI is InChI=1S/C16H28N2O/c1-10(2)13-8-14(11(3)7-15(13)19-6)16(18-5)12(4)9-17/h7-8,10,12,16,18H,9,17H2,1-6H3. The van der Waals surface area contributed by atoms with Crippen molar-refractivity contribution in [2.45, 2.75) is 39.7 Å². The largest absolute Gasteiger partial charge is 0.496 e. The molecule has 0 aliphatic carbocycles. The number of benzene rings is 1. The second kappa shape index (κ2) is 6.92. The average Bonchev–Trinajstić information content (AvgIpc) is 2.40. The van der Waals surface area contributed by atoms with Gasteiger partial charge in [0.05, 0.1) is 7.11 Å². The number of methoxy groups -OCH3 is 1. The fourth-order valence-corrected chi connectivity index (χ4v) is 2.56. The molecule has 1 aromatic carbocycles. The maximum atomic E-state index is 5.83. The van der Waals surface area contributed by atoms with Crippen molar-refractivity contribution in [2.24, 2.45) is 11.7 Å². The highest BCUT2D eigenvalue weighted by Crippen LogP contribution is 2.33. The number of ether oxygens (including phenoxy) is 1. The number of hydrogen-bond acceptors (Lipinski definition) is 3. The SMILES string of the molecule is CNC(c1cc(C(C)C)c(OC)cc1C)C(C)CN. The van der Waals surface area contributed by atoms with Gasteiger partial charge in [-0.1, -0.05) is 26.8 Å². The van der Waals surface area contributed by atoms with Gasteiger partial charge in [-0.05, 0) is 55.1 Å². The van der Waals surface area contributed by atoms with Crippen molar-refractivity contribution in [3.8, 4) is 5.75 Å². The summed E-state index contributed by atoms with van der Waals surface area (Å²) in [5, 5.41) is 3.39. The molecule has 3 heteroatoms. The van der Waals surface area contributed by atoms with Crippen LogP contribution >= 0.6 is 0 Å². The minimum absolute atomic E-state index is 0.286. The summed E-state index contributed by atoms with van der Waals surface area (Å²) in [6.07, 6.45) is 0. The van der Waals surface area contributed by atoms with Crippen LogP contribution in [-0.2, 0) is 0 Å². The maximum Gasteiger partial charge on any atom is 0.122 e. The first-order valence-electron chi connectivity index (χ1n) is 7.01. The lowest BCUT2D eigenvalue weighted by Crippen LogP contribution is -2.29. The maximum absolute atomic E-state index is 5.83. The molecule has 2 atom stereocenters. The summed E-state index contributed by atoms with van der Waals surface area (Å²) in [7, 11) is 3.73. The number of nitrogens with two attached hydrogens (primary N) is 1. The van der Waals surface area contributed by atoms with E-state index < -0.39 is 0 Å². The van der Waals surface area contributed by atoms with E-state index in [1.54, 1.807) is 7.11 Å². The summed E-state index contributed by atoms with van der Waals surface area (Å²) in [5.41, 5.74) is 9.66. The Labute approximate surface area is 117 Å². The topological polar surface area (TPSA) is 47.3 Å². The highest BCUT2D eigenvalue weighted by molar-refractivity contribution is 5.45. The summed E-state index contributed by atoms with van der Waals surface area (Å²) in [4.78, 5) is 0. The van der Waals surface area contributed by atoms with Crippen LogP contribution in [0.3, 0.4) is 0 Å². The smallest absolute Gasteiger partial charge is 0.122 e. The zero-order valence-corrected chi connectivity index (χ0v) is 13.1. The van der Waals surface area contributed by atoms with E-state index in [0.717, 1.165) is 5.75 Å². The van der Waals surface area contributed by atoms with Gasteiger partial charge in [0.2, 0.25) is 0 Å². The molecule has 1 aromatic rings. The molecule has 0 aromatic heterocycles. The molecule has 3 N–H and O–H groups in total. The van der Waals surface area contributed by atoms with Crippen LogP contribution in [0.5, 0.6) is 5.75 Å². The van der Waals surface area contributed by atoms with Crippen molar-refractivity contribution < 1.29 is 4.74 Å². The number of aryl methyl sites for hydroxylation is 1. The second-order valence-corrected chi connectivity index (χ2v) is 5.58. The summed E-state index contributed by atoms with van der Waals surface area (Å²) in [5.74, 6) is 1.82. The third-order valence-corrected chi connectivity index (χ3v) is 3.83. The Hall–Kier alpha value is -1.06. The Morgan fingerprint density at radius 1 is 1.21 bits per heavy atom. The highest BCUT2D eigenvalue weighted by atomic mass is 16.5. The van der Waals surface area contributed by atoms with E-state index in [1.165, 1.54) is 16.7 Å². The Kier molecular flexibility index (Phi) is 5.83. The molecule has 0 amide bonds. The van der Waals surface area contributed by atoms with Crippen LogP contribution in [0.4, 0.5) is 0 Å². The molecule has 0 spiro atoms. The molecule has 0 bridgehead atoms. The van der Waals surface area contributed by atoms with E-state index >= 15 is 0 Å². The Morgan fingerprint density at radius 3 is 2.26 bits per heavy atom. The van der Waals surface area contributed by atoms with Gasteiger partial charge in [-0.15, -0.1) is 0 Å². The van der Waals surface area contributed by atoms with E-state index in [0.29, 0.717) is 18.4 Å². The van der Waals surface area contributed by atoms with Crippen molar-refractivity contribution in [2.75, 3.05) is 20.7 Å². The van der Waals surface area contributed by atoms with Gasteiger partial charge in [-0.2, -0.15) is 0 Å². The molecule has 0 fully saturated rings. The molecule has 0 heterocycles. The molecule has 3 nitrogen and oxygen atoms in total. The Bertz CT molecular complexity index is 415. The van der Waals surface area contributed by atoms with Gasteiger partial charge in [-0.3, -0.25) is 0 Å². The summed E-state index contributed by atoms with van der Waals surface area (Å²) >= 11 is 0. The zero-order chi connectivity index (χ0) is 14.6. The molecule has 0 radical (unpaired) electrons. The third-order valence-electron chi connectivity index (χ3n) is 3.83. The molecular weight excluding hydrogens is 236 g/mol. The quantitative estimate of drug-likeness (QED) is 0.830. The van der Waals surface area contributed by atoms with E-state index in [2.05, 4.69) is 45.1 Å². The molecule has 108 valence electrons. The molecular formula is C16H28N2O. The predicted molar refractivity (Wildman–Crippen MR) is 81.8 cm³/mol. The van der Waals surface area contributed by atoms with Gasteiger partial charge in [0.25, 0.3) is 0 Å². The first-order chi connectivity index (χ1) is 8.96. The van der Waals surface area contributed by atoms with Crippen LogP contribution in [0.1, 0.15) is 49.4 Å². The highest BCUT2D eigenvalue weighted by Gasteiger charge is 2.20. The molecule has 2 unspecified atom stereocenters. The zero-order valence-electron chi connectivity index (χ0n) is 13.1. The van der Waals surface area contributed by atoms with E-state index in [4.69, 9.17) is 10.5 Å². The molecule has 0 saturated carbocycles. The predicted octanol–water partition coefficient (Wildman–Crippen LogP) is 2.98. The van der Waals surface area contributed by atoms with Gasteiger partial charge in [0.1, 0.15) is 5.75 Å². The molecule has 0 aliphatic heterocycles. The van der Waals surface area contributed by atoms with Crippen LogP contribution in [0.15, 0.2) is 12.1 Å². The number of rotatable bonds is 6. The van der Waals surface area contributed by atoms with Crippen molar-refractivity contribution in [1.82, 2.24) is 5.32 Å². The third kappa shape index (κ3) is 3.48. The fourth-order valence-electron chi connectivity index (χ4n) is 2.56. The minimum Gasteiger partial charge on any atom is -0.496 e. The lowest BCUT2D eigenvalue weighted by molar-refractivity contribution is 0.401. The van der Waals surface area contributed by atoms with Crippen LogP contribution in [0.25, 0.3) is 0 Å². The lowest BCUT2D eigenvalue weighted by atomic mass is 9.88. The van der Waals surface area contributed by atoms with Gasteiger partial charge >= 0.3 is 0 Å². The first-order valence-corrected chi connectivity index (χ1v) is 7.01. The number of hydrogen-bond donors (Lipinski definition) is 2. The number of nitrogens with one attached hydrogen (secondary N) is 1. The Balaban J connectivity index is 3.30. The van der Waals surface area contributed by atoms with E-state index in [9.17, 15) is 0 Å². The van der Waals surface area contributed by atoms with Crippen molar-refractivity contribution in [3.63, 3.8) is 0 Å². The summed E-state index contributed by atoms with van der Waals surface area (Å²) in [6.45, 7) is 9.37. The van der Waals surface area contributed by atoms with Crippen molar-refractivity contribution in [3.05, 3.63) is 28.8 Å². The van der Waals surface area contributed by atoms with Crippen LogP contribution in [-0.4, -0.2) is 20.7 Å². The second-order valence-electron chi connectivity index (χ2n) is 5.58. The Morgan fingerprint density at radius 2 is 1.84 bits per heavy atom. The van der Waals surface area contributed by atoms with Crippen LogP contribution in [0, 0.1) is 12.8 Å². The fraction of sp³-hybridized carbons (Fsp3) is 0.625. The molecule has 1 rings (SSSR count). The first kappa shape index (κ1) is 16.0. The van der Waals surface area contributed by atoms with Gasteiger partial charge in [0, 0.05) is 6.04 Å². The van der Waals surface area contributed by atoms with Gasteiger partial charge in [-0.25, -0.2) is 0 Å². The van der Waals surface area contributed by atoms with E-state index in [1.807, 2.05) is 7.05 Å². The molecule has 19 heavy (non-hydrogen) atoms. The molecule has 0 saturated heterocycles. The summed E-state index contributed by atoms with van der Waals surface area (Å²) in [6, 6.07) is 4.69. The van der Waals surface area contributed by atoms with Crippen LogP contribution < -0.4 is 15.8 Å². The van der Waals surface area contributed by atoms with E-state index in [-0.39, 0.29) is 6.04 Å². The summed E-state index contributed by atoms with van der Waals surface area (Å²) < 4.78 is 5.50. The van der Waals surface area contributed by atoms with Crippen molar-refractivity contribution >= 4 is 0 Å². The van der Waals surface area contributed by atoms with Crippen LogP contribution in [0.2, 0.25) is 0 Å². The van der Waals surface area contributed by atoms with Gasteiger partial charge in [0.15, 0.2) is 0 Å². The van der Waals surface area contributed by atoms with Crippen molar-refractivity contribution in [1.29, 1.82) is 0 Å². The molecule has 0 aliphatic rings. The van der Waals surface area contributed by atoms with Gasteiger partial charge < -0.3 is 15.8 Å². The monoisotopic (exact) mass is 264 g/mol. The average molecular weight is 264 g/mol. The lowest BCUT2D eigenvalue weighted by Gasteiger charge is -2.26. The normalized spacial score (nSPS) is 14.5.